The van der Waals surface area contributed by atoms with Crippen LogP contribution >= 0.6 is 0 Å². The van der Waals surface area contributed by atoms with Crippen LogP contribution in [0.4, 0.5) is 0 Å². The summed E-state index contributed by atoms with van der Waals surface area (Å²) >= 11 is 0. The second-order valence-corrected chi connectivity index (χ2v) is 4.96. The van der Waals surface area contributed by atoms with Gasteiger partial charge in [-0.15, -0.1) is 0 Å². The fourth-order valence-corrected chi connectivity index (χ4v) is 2.57. The molecule has 1 heterocycles. The van der Waals surface area contributed by atoms with Gasteiger partial charge in [0.05, 0.1) is 12.6 Å². The zero-order valence-corrected chi connectivity index (χ0v) is 11.4. The smallest absolute Gasteiger partial charge is 0.240 e. The number of nitrogens with one attached hydrogen (secondary N) is 1. The van der Waals surface area contributed by atoms with Crippen molar-refractivity contribution in [2.75, 3.05) is 19.7 Å². The van der Waals surface area contributed by atoms with Crippen molar-refractivity contribution in [2.24, 2.45) is 0 Å². The van der Waals surface area contributed by atoms with E-state index in [0.29, 0.717) is 13.1 Å². The number of carbonyl (C=O) groups excluding carboxylic acids is 1. The van der Waals surface area contributed by atoms with Crippen LogP contribution in [0, 0.1) is 0 Å². The predicted molar refractivity (Wildman–Crippen MR) is 74.7 cm³/mol. The Morgan fingerprint density at radius 1 is 1.37 bits per heavy atom. The maximum Gasteiger partial charge on any atom is 0.240 e. The van der Waals surface area contributed by atoms with Gasteiger partial charge in [0.15, 0.2) is 0 Å². The van der Waals surface area contributed by atoms with Gasteiger partial charge >= 0.3 is 0 Å². The minimum Gasteiger partial charge on any atom is -0.395 e. The minimum absolute atomic E-state index is 0.0229. The molecule has 1 aliphatic rings. The second-order valence-electron chi connectivity index (χ2n) is 4.96. The number of fused-ring (bicyclic) bond motifs is 1. The predicted octanol–water partition coefficient (Wildman–Crippen LogP) is 0.932. The molecule has 0 spiro atoms. The van der Waals surface area contributed by atoms with E-state index in [1.807, 2.05) is 19.1 Å². The Bertz CT molecular complexity index is 428. The van der Waals surface area contributed by atoms with Crippen molar-refractivity contribution in [1.82, 2.24) is 10.2 Å². The molecule has 2 rings (SSSR count). The van der Waals surface area contributed by atoms with Gasteiger partial charge in [0.1, 0.15) is 0 Å². The van der Waals surface area contributed by atoms with E-state index in [0.717, 1.165) is 19.4 Å². The maximum atomic E-state index is 12.4. The minimum atomic E-state index is -0.159. The van der Waals surface area contributed by atoms with Crippen molar-refractivity contribution < 1.29 is 9.90 Å². The molecule has 1 amide bonds. The van der Waals surface area contributed by atoms with Gasteiger partial charge in [-0.25, -0.2) is 0 Å². The molecule has 1 atom stereocenters. The molecule has 0 aromatic heterocycles. The van der Waals surface area contributed by atoms with Gasteiger partial charge in [0.2, 0.25) is 5.91 Å². The van der Waals surface area contributed by atoms with E-state index in [9.17, 15) is 4.79 Å². The fraction of sp³-hybridized carbons (Fsp3) is 0.533. The van der Waals surface area contributed by atoms with Gasteiger partial charge in [0.25, 0.3) is 0 Å². The van der Waals surface area contributed by atoms with Gasteiger partial charge in [-0.1, -0.05) is 31.2 Å². The van der Waals surface area contributed by atoms with Crippen LogP contribution in [0.5, 0.6) is 0 Å². The highest BCUT2D eigenvalue weighted by Crippen LogP contribution is 2.17. The van der Waals surface area contributed by atoms with E-state index in [-0.39, 0.29) is 18.6 Å². The lowest BCUT2D eigenvalue weighted by Crippen LogP contribution is -2.50. The number of rotatable bonds is 5. The van der Waals surface area contributed by atoms with Gasteiger partial charge in [-0.3, -0.25) is 4.79 Å². The van der Waals surface area contributed by atoms with Crippen LogP contribution in [0.25, 0.3) is 0 Å². The zero-order chi connectivity index (χ0) is 13.7. The van der Waals surface area contributed by atoms with Crippen LogP contribution < -0.4 is 5.32 Å². The van der Waals surface area contributed by atoms with E-state index in [1.165, 1.54) is 11.1 Å². The van der Waals surface area contributed by atoms with Crippen LogP contribution in [0.15, 0.2) is 24.3 Å². The first-order chi connectivity index (χ1) is 9.26. The second kappa shape index (κ2) is 6.68. The van der Waals surface area contributed by atoms with Crippen molar-refractivity contribution >= 4 is 5.91 Å². The number of benzene rings is 1. The number of nitrogens with zero attached hydrogens (tertiary/aromatic N) is 1. The largest absolute Gasteiger partial charge is 0.395 e. The summed E-state index contributed by atoms with van der Waals surface area (Å²) in [7, 11) is 0. The average molecular weight is 262 g/mol. The Morgan fingerprint density at radius 2 is 2.11 bits per heavy atom. The van der Waals surface area contributed by atoms with Crippen molar-refractivity contribution in [3.8, 4) is 0 Å². The molecule has 4 nitrogen and oxygen atoms in total. The summed E-state index contributed by atoms with van der Waals surface area (Å²) in [5, 5.41) is 12.4. The molecule has 4 heteroatoms. The van der Waals surface area contributed by atoms with Gasteiger partial charge < -0.3 is 15.3 Å². The standard InChI is InChI=1S/C15H22N2O2/c1-2-7-17(8-9-18)15(19)14-10-12-5-3-4-6-13(12)11-16-14/h3-6,14,16,18H,2,7-11H2,1H3. The molecule has 0 fully saturated rings. The lowest BCUT2D eigenvalue weighted by atomic mass is 9.95. The van der Waals surface area contributed by atoms with Gasteiger partial charge in [-0.2, -0.15) is 0 Å². The van der Waals surface area contributed by atoms with E-state index in [1.54, 1.807) is 4.90 Å². The molecule has 1 aliphatic heterocycles. The first-order valence-corrected chi connectivity index (χ1v) is 6.96. The first-order valence-electron chi connectivity index (χ1n) is 6.96. The lowest BCUT2D eigenvalue weighted by Gasteiger charge is -2.30. The summed E-state index contributed by atoms with van der Waals surface area (Å²) in [6.07, 6.45) is 1.65. The highest BCUT2D eigenvalue weighted by molar-refractivity contribution is 5.82. The summed E-state index contributed by atoms with van der Waals surface area (Å²) in [6.45, 7) is 3.94. The average Bonchev–Trinajstić information content (AvgIpc) is 2.46. The molecule has 0 saturated carbocycles. The Labute approximate surface area is 114 Å². The number of hydrogen-bond donors (Lipinski definition) is 2. The van der Waals surface area contributed by atoms with Crippen LogP contribution in [-0.4, -0.2) is 41.7 Å². The summed E-state index contributed by atoms with van der Waals surface area (Å²) in [5.74, 6) is 0.102. The van der Waals surface area contributed by atoms with Gasteiger partial charge in [-0.05, 0) is 24.0 Å². The monoisotopic (exact) mass is 262 g/mol. The number of aliphatic hydroxyl groups excluding tert-OH is 1. The van der Waals surface area contributed by atoms with Crippen LogP contribution in [0.3, 0.4) is 0 Å². The van der Waals surface area contributed by atoms with Crippen molar-refractivity contribution in [3.63, 3.8) is 0 Å². The van der Waals surface area contributed by atoms with Crippen LogP contribution in [0.2, 0.25) is 0 Å². The van der Waals surface area contributed by atoms with Gasteiger partial charge in [0, 0.05) is 19.6 Å². The topological polar surface area (TPSA) is 52.6 Å². The molecule has 1 aromatic carbocycles. The van der Waals surface area contributed by atoms with Crippen molar-refractivity contribution in [2.45, 2.75) is 32.4 Å². The fourth-order valence-electron chi connectivity index (χ4n) is 2.57. The molecule has 2 N–H and O–H groups in total. The van der Waals surface area contributed by atoms with E-state index >= 15 is 0 Å². The zero-order valence-electron chi connectivity index (χ0n) is 11.4. The third kappa shape index (κ3) is 3.33. The molecule has 0 bridgehead atoms. The molecule has 0 radical (unpaired) electrons. The Kier molecular flexibility index (Phi) is 4.93. The number of hydrogen-bond acceptors (Lipinski definition) is 3. The third-order valence-corrected chi connectivity index (χ3v) is 3.55. The number of aliphatic hydroxyl groups is 1. The van der Waals surface area contributed by atoms with Crippen molar-refractivity contribution in [1.29, 1.82) is 0 Å². The summed E-state index contributed by atoms with van der Waals surface area (Å²) in [4.78, 5) is 14.2. The van der Waals surface area contributed by atoms with E-state index < -0.39 is 0 Å². The summed E-state index contributed by atoms with van der Waals surface area (Å²) in [5.41, 5.74) is 2.52. The van der Waals surface area contributed by atoms with Crippen molar-refractivity contribution in [3.05, 3.63) is 35.4 Å². The first kappa shape index (κ1) is 14.0. The Morgan fingerprint density at radius 3 is 2.79 bits per heavy atom. The summed E-state index contributed by atoms with van der Waals surface area (Å²) < 4.78 is 0. The van der Waals surface area contributed by atoms with E-state index in [2.05, 4.69) is 17.4 Å². The summed E-state index contributed by atoms with van der Waals surface area (Å²) in [6, 6.07) is 8.07. The quantitative estimate of drug-likeness (QED) is 0.830. The molecule has 1 unspecified atom stereocenters. The number of amides is 1. The number of carbonyl (C=O) groups is 1. The van der Waals surface area contributed by atoms with E-state index in [4.69, 9.17) is 5.11 Å². The molecular formula is C15H22N2O2. The Balaban J connectivity index is 2.04. The van der Waals surface area contributed by atoms with Crippen LogP contribution in [0.1, 0.15) is 24.5 Å². The Hall–Kier alpha value is -1.39. The lowest BCUT2D eigenvalue weighted by molar-refractivity contribution is -0.134. The van der Waals surface area contributed by atoms with Crippen LogP contribution in [-0.2, 0) is 17.8 Å². The highest BCUT2D eigenvalue weighted by atomic mass is 16.3. The highest BCUT2D eigenvalue weighted by Gasteiger charge is 2.27. The molecule has 0 saturated heterocycles. The molecule has 1 aromatic rings. The molecular weight excluding hydrogens is 240 g/mol. The maximum absolute atomic E-state index is 12.4. The SMILES string of the molecule is CCCN(CCO)C(=O)C1Cc2ccccc2CN1. The normalized spacial score (nSPS) is 17.9. The third-order valence-electron chi connectivity index (χ3n) is 3.55. The molecule has 104 valence electrons. The molecule has 0 aliphatic carbocycles. The molecule has 19 heavy (non-hydrogen) atoms.